The number of thiazole rings is 1. The maximum Gasteiger partial charge on any atom is 0.257 e. The summed E-state index contributed by atoms with van der Waals surface area (Å²) in [5, 5.41) is 7.76. The second kappa shape index (κ2) is 9.19. The maximum absolute atomic E-state index is 13.1. The van der Waals surface area contributed by atoms with E-state index in [1.807, 2.05) is 24.3 Å². The highest BCUT2D eigenvalue weighted by molar-refractivity contribution is 7.89. The summed E-state index contributed by atoms with van der Waals surface area (Å²) in [6, 6.07) is 13.1. The molecule has 4 rings (SSSR count). The first-order valence-corrected chi connectivity index (χ1v) is 12.5. The van der Waals surface area contributed by atoms with Gasteiger partial charge in [0.25, 0.3) is 5.91 Å². The van der Waals surface area contributed by atoms with Crippen LogP contribution in [0.2, 0.25) is 0 Å². The number of aromatic nitrogens is 1. The van der Waals surface area contributed by atoms with Gasteiger partial charge in [-0.15, -0.1) is 11.3 Å². The fraction of sp³-hybridized carbons (Fsp3) is 0.227. The molecular formula is C22H22N4O4S2. The van der Waals surface area contributed by atoms with Crippen LogP contribution in [0.25, 0.3) is 0 Å². The Morgan fingerprint density at radius 3 is 2.47 bits per heavy atom. The summed E-state index contributed by atoms with van der Waals surface area (Å²) in [6.07, 6.45) is 1.90. The van der Waals surface area contributed by atoms with Crippen molar-refractivity contribution in [1.82, 2.24) is 9.29 Å². The Balaban J connectivity index is 1.50. The molecule has 0 fully saturated rings. The van der Waals surface area contributed by atoms with Crippen LogP contribution < -0.4 is 10.6 Å². The molecule has 2 amide bonds. The Bertz CT molecular complexity index is 1230. The minimum absolute atomic E-state index is 0.0815. The zero-order valence-electron chi connectivity index (χ0n) is 17.3. The normalized spacial score (nSPS) is 16.2. The number of amides is 2. The summed E-state index contributed by atoms with van der Waals surface area (Å²) in [4.78, 5) is 29.4. The third kappa shape index (κ3) is 4.72. The Hall–Kier alpha value is -3.08. The smallest absolute Gasteiger partial charge is 0.257 e. The van der Waals surface area contributed by atoms with E-state index in [0.717, 1.165) is 11.1 Å². The number of carbonyl (C=O) groups is 2. The monoisotopic (exact) mass is 470 g/mol. The maximum atomic E-state index is 13.1. The van der Waals surface area contributed by atoms with Crippen molar-refractivity contribution in [2.24, 2.45) is 0 Å². The molecule has 8 nitrogen and oxygen atoms in total. The number of carbonyl (C=O) groups excluding carboxylic acids is 2. The standard InChI is InChI=1S/C22H22N4O4S2/c1-2-32(29,30)26-14-17-6-4-3-5-16(17)13-19(26)21(28)24-18-9-7-15(8-10-18)20(27)25-22-23-11-12-31-22/h3-12,19H,2,13-14H2,1H3,(H,24,28)(H,23,25,27). The topological polar surface area (TPSA) is 108 Å². The van der Waals surface area contributed by atoms with Crippen LogP contribution in [0.15, 0.2) is 60.1 Å². The van der Waals surface area contributed by atoms with Gasteiger partial charge in [0.1, 0.15) is 6.04 Å². The number of nitrogens with zero attached hydrogens (tertiary/aromatic N) is 2. The van der Waals surface area contributed by atoms with E-state index in [-0.39, 0.29) is 18.2 Å². The molecule has 2 heterocycles. The Kier molecular flexibility index (Phi) is 6.35. The molecule has 1 aliphatic heterocycles. The average molecular weight is 471 g/mol. The first kappa shape index (κ1) is 22.1. The van der Waals surface area contributed by atoms with Gasteiger partial charge in [0.2, 0.25) is 15.9 Å². The molecule has 0 radical (unpaired) electrons. The molecule has 0 aliphatic carbocycles. The van der Waals surface area contributed by atoms with Gasteiger partial charge >= 0.3 is 0 Å². The van der Waals surface area contributed by atoms with E-state index in [1.165, 1.54) is 15.6 Å². The number of fused-ring (bicyclic) bond motifs is 1. The first-order chi connectivity index (χ1) is 15.4. The Labute approximate surface area is 190 Å². The van der Waals surface area contributed by atoms with Crippen molar-refractivity contribution in [3.63, 3.8) is 0 Å². The summed E-state index contributed by atoms with van der Waals surface area (Å²) in [5.41, 5.74) is 2.77. The molecule has 0 spiro atoms. The summed E-state index contributed by atoms with van der Waals surface area (Å²) in [5.74, 6) is -0.791. The largest absolute Gasteiger partial charge is 0.325 e. The minimum Gasteiger partial charge on any atom is -0.325 e. The van der Waals surface area contributed by atoms with E-state index in [2.05, 4.69) is 15.6 Å². The van der Waals surface area contributed by atoms with Gasteiger partial charge < -0.3 is 5.32 Å². The van der Waals surface area contributed by atoms with Crippen molar-refractivity contribution in [1.29, 1.82) is 0 Å². The predicted octanol–water partition coefficient (Wildman–Crippen LogP) is 3.11. The van der Waals surface area contributed by atoms with Crippen molar-refractivity contribution in [2.45, 2.75) is 25.9 Å². The Morgan fingerprint density at radius 1 is 1.09 bits per heavy atom. The molecule has 1 atom stereocenters. The molecule has 1 unspecified atom stereocenters. The van der Waals surface area contributed by atoms with Gasteiger partial charge in [-0.2, -0.15) is 4.31 Å². The fourth-order valence-electron chi connectivity index (χ4n) is 3.57. The molecule has 32 heavy (non-hydrogen) atoms. The Morgan fingerprint density at radius 2 is 1.81 bits per heavy atom. The SMILES string of the molecule is CCS(=O)(=O)N1Cc2ccccc2CC1C(=O)Nc1ccc(C(=O)Nc2nccs2)cc1. The number of rotatable bonds is 6. The third-order valence-corrected chi connectivity index (χ3v) is 7.81. The number of hydrogen-bond donors (Lipinski definition) is 2. The van der Waals surface area contributed by atoms with Gasteiger partial charge in [0.05, 0.1) is 5.75 Å². The van der Waals surface area contributed by atoms with E-state index in [1.54, 1.807) is 42.8 Å². The van der Waals surface area contributed by atoms with Crippen molar-refractivity contribution in [3.05, 3.63) is 76.8 Å². The number of benzene rings is 2. The fourth-order valence-corrected chi connectivity index (χ4v) is 5.31. The second-order valence-electron chi connectivity index (χ2n) is 7.29. The van der Waals surface area contributed by atoms with E-state index in [9.17, 15) is 18.0 Å². The number of anilines is 2. The molecule has 2 aromatic carbocycles. The van der Waals surface area contributed by atoms with Crippen molar-refractivity contribution in [3.8, 4) is 0 Å². The van der Waals surface area contributed by atoms with Gasteiger partial charge in [-0.25, -0.2) is 13.4 Å². The summed E-state index contributed by atoms with van der Waals surface area (Å²) < 4.78 is 26.6. The van der Waals surface area contributed by atoms with Gasteiger partial charge in [0, 0.05) is 29.4 Å². The van der Waals surface area contributed by atoms with Crippen molar-refractivity contribution in [2.75, 3.05) is 16.4 Å². The lowest BCUT2D eigenvalue weighted by molar-refractivity contribution is -0.120. The third-order valence-electron chi connectivity index (χ3n) is 5.30. The number of hydrogen-bond acceptors (Lipinski definition) is 6. The molecule has 0 saturated carbocycles. The lowest BCUT2D eigenvalue weighted by Gasteiger charge is -2.34. The lowest BCUT2D eigenvalue weighted by atomic mass is 9.95. The molecular weight excluding hydrogens is 448 g/mol. The molecule has 0 saturated heterocycles. The van der Waals surface area contributed by atoms with Crippen LogP contribution in [0.3, 0.4) is 0 Å². The zero-order chi connectivity index (χ0) is 22.7. The van der Waals surface area contributed by atoms with Gasteiger partial charge in [-0.3, -0.25) is 14.9 Å². The predicted molar refractivity (Wildman–Crippen MR) is 124 cm³/mol. The minimum atomic E-state index is -3.58. The summed E-state index contributed by atoms with van der Waals surface area (Å²) in [7, 11) is -3.58. The summed E-state index contributed by atoms with van der Waals surface area (Å²) in [6.45, 7) is 1.74. The molecule has 166 valence electrons. The first-order valence-electron chi connectivity index (χ1n) is 10.1. The van der Waals surface area contributed by atoms with Crippen LogP contribution in [0.1, 0.15) is 28.4 Å². The van der Waals surface area contributed by atoms with Crippen molar-refractivity contribution >= 4 is 44.0 Å². The average Bonchev–Trinajstić information content (AvgIpc) is 3.31. The highest BCUT2D eigenvalue weighted by atomic mass is 32.2. The molecule has 3 aromatic rings. The van der Waals surface area contributed by atoms with Crippen LogP contribution in [0.4, 0.5) is 10.8 Å². The molecule has 1 aliphatic rings. The summed E-state index contributed by atoms with van der Waals surface area (Å²) >= 11 is 1.32. The molecule has 10 heteroatoms. The number of sulfonamides is 1. The van der Waals surface area contributed by atoms with Crippen LogP contribution in [-0.2, 0) is 27.8 Å². The number of nitrogens with one attached hydrogen (secondary N) is 2. The van der Waals surface area contributed by atoms with Crippen LogP contribution >= 0.6 is 11.3 Å². The highest BCUT2D eigenvalue weighted by Crippen LogP contribution is 2.27. The quantitative estimate of drug-likeness (QED) is 0.575. The molecule has 0 bridgehead atoms. The van der Waals surface area contributed by atoms with E-state index >= 15 is 0 Å². The van der Waals surface area contributed by atoms with E-state index in [0.29, 0.717) is 22.8 Å². The van der Waals surface area contributed by atoms with Crippen LogP contribution in [0.5, 0.6) is 0 Å². The van der Waals surface area contributed by atoms with E-state index in [4.69, 9.17) is 0 Å². The van der Waals surface area contributed by atoms with Crippen LogP contribution in [0, 0.1) is 0 Å². The van der Waals surface area contributed by atoms with Gasteiger partial charge in [-0.05, 0) is 48.7 Å². The van der Waals surface area contributed by atoms with Crippen LogP contribution in [-0.4, -0.2) is 41.3 Å². The highest BCUT2D eigenvalue weighted by Gasteiger charge is 2.37. The van der Waals surface area contributed by atoms with Gasteiger partial charge in [0.15, 0.2) is 5.13 Å². The molecule has 1 aromatic heterocycles. The van der Waals surface area contributed by atoms with Crippen molar-refractivity contribution < 1.29 is 18.0 Å². The second-order valence-corrected chi connectivity index (χ2v) is 10.4. The van der Waals surface area contributed by atoms with E-state index < -0.39 is 22.0 Å². The molecule has 2 N–H and O–H groups in total. The zero-order valence-corrected chi connectivity index (χ0v) is 18.9. The lowest BCUT2D eigenvalue weighted by Crippen LogP contribution is -2.51. The van der Waals surface area contributed by atoms with Gasteiger partial charge in [-0.1, -0.05) is 24.3 Å².